The molecule has 7 heteroatoms. The molecule has 3 aliphatic rings. The van der Waals surface area contributed by atoms with Crippen molar-refractivity contribution in [1.29, 1.82) is 5.26 Å². The molecule has 2 aliphatic heterocycles. The topological polar surface area (TPSA) is 76.0 Å². The molecule has 2 fully saturated rings. The number of nitrogens with one attached hydrogen (secondary N) is 3. The van der Waals surface area contributed by atoms with Crippen LogP contribution in [0.25, 0.3) is 10.9 Å². The lowest BCUT2D eigenvalue weighted by Crippen LogP contribution is -2.49. The number of rotatable bonds is 6. The van der Waals surface area contributed by atoms with Gasteiger partial charge in [-0.15, -0.1) is 0 Å². The van der Waals surface area contributed by atoms with Crippen molar-refractivity contribution in [1.82, 2.24) is 15.6 Å². The van der Waals surface area contributed by atoms with Crippen molar-refractivity contribution in [2.75, 3.05) is 42.9 Å². The lowest BCUT2D eigenvalue weighted by atomic mass is 9.98. The van der Waals surface area contributed by atoms with Crippen LogP contribution in [-0.4, -0.2) is 49.8 Å². The number of para-hydroxylation sites is 1. The number of allylic oxidation sites excluding steroid dienone is 4. The minimum atomic E-state index is 0.541. The van der Waals surface area contributed by atoms with Crippen molar-refractivity contribution in [2.24, 2.45) is 0 Å². The molecular weight excluding hydrogens is 456 g/mol. The molecule has 0 amide bonds. The number of anilines is 2. The molecule has 0 saturated carbocycles. The summed E-state index contributed by atoms with van der Waals surface area (Å²) >= 11 is 6.16. The number of aromatic nitrogens is 1. The zero-order valence-electron chi connectivity index (χ0n) is 20.1. The second-order valence-corrected chi connectivity index (χ2v) is 10.1. The van der Waals surface area contributed by atoms with Gasteiger partial charge in [-0.05, 0) is 56.5 Å². The first-order valence-corrected chi connectivity index (χ1v) is 13.1. The Morgan fingerprint density at radius 2 is 1.86 bits per heavy atom. The predicted molar refractivity (Wildman–Crippen MR) is 145 cm³/mol. The fourth-order valence-corrected chi connectivity index (χ4v) is 5.45. The summed E-state index contributed by atoms with van der Waals surface area (Å²) in [6.07, 6.45) is 13.4. The third-order valence-electron chi connectivity index (χ3n) is 7.18. The van der Waals surface area contributed by atoms with Gasteiger partial charge in [0.1, 0.15) is 17.5 Å². The Hall–Kier alpha value is -2.85. The molecule has 3 N–H and O–H groups in total. The van der Waals surface area contributed by atoms with Crippen molar-refractivity contribution in [2.45, 2.75) is 44.2 Å². The summed E-state index contributed by atoms with van der Waals surface area (Å²) in [5, 5.41) is 22.9. The predicted octanol–water partition coefficient (Wildman–Crippen LogP) is 4.84. The molecule has 0 unspecified atom stereocenters. The lowest BCUT2D eigenvalue weighted by molar-refractivity contribution is 0.316. The van der Waals surface area contributed by atoms with Crippen molar-refractivity contribution in [3.05, 3.63) is 64.7 Å². The van der Waals surface area contributed by atoms with E-state index in [0.717, 1.165) is 72.6 Å². The van der Waals surface area contributed by atoms with Gasteiger partial charge in [0.2, 0.25) is 0 Å². The smallest absolute Gasteiger partial charge is 0.147 e. The molecule has 0 spiro atoms. The largest absolute Gasteiger partial charge is 0.370 e. The van der Waals surface area contributed by atoms with Gasteiger partial charge in [-0.25, -0.2) is 4.98 Å². The highest BCUT2D eigenvalue weighted by atomic mass is 35.5. The molecule has 0 radical (unpaired) electrons. The molecular formula is C28H33ClN6. The number of piperidine rings is 2. The highest BCUT2D eigenvalue weighted by Gasteiger charge is 2.26. The average molecular weight is 489 g/mol. The second-order valence-electron chi connectivity index (χ2n) is 9.58. The first-order chi connectivity index (χ1) is 17.2. The highest BCUT2D eigenvalue weighted by Crippen LogP contribution is 2.35. The first kappa shape index (κ1) is 23.9. The molecule has 1 aliphatic carbocycles. The zero-order chi connectivity index (χ0) is 24.0. The molecule has 3 heterocycles. The Balaban J connectivity index is 1.37. The maximum absolute atomic E-state index is 10.2. The zero-order valence-corrected chi connectivity index (χ0v) is 20.8. The molecule has 182 valence electrons. The minimum Gasteiger partial charge on any atom is -0.370 e. The fourth-order valence-electron chi connectivity index (χ4n) is 5.30. The molecule has 2 aromatic rings. The summed E-state index contributed by atoms with van der Waals surface area (Å²) in [6.45, 7) is 4.66. The van der Waals surface area contributed by atoms with E-state index in [-0.39, 0.29) is 0 Å². The molecule has 1 aromatic heterocycles. The van der Waals surface area contributed by atoms with Crippen molar-refractivity contribution < 1.29 is 0 Å². The number of pyridine rings is 1. The Morgan fingerprint density at radius 1 is 1.09 bits per heavy atom. The molecule has 5 rings (SSSR count). The summed E-state index contributed by atoms with van der Waals surface area (Å²) in [4.78, 5) is 7.24. The van der Waals surface area contributed by atoms with Crippen molar-refractivity contribution >= 4 is 34.0 Å². The van der Waals surface area contributed by atoms with Crippen molar-refractivity contribution in [3.63, 3.8) is 0 Å². The molecule has 0 bridgehead atoms. The van der Waals surface area contributed by atoms with Crippen molar-refractivity contribution in [3.8, 4) is 6.07 Å². The van der Waals surface area contributed by atoms with E-state index in [1.54, 1.807) is 0 Å². The number of benzene rings is 1. The van der Waals surface area contributed by atoms with E-state index in [1.807, 2.05) is 30.4 Å². The van der Waals surface area contributed by atoms with E-state index in [4.69, 9.17) is 16.6 Å². The summed E-state index contributed by atoms with van der Waals surface area (Å²) < 4.78 is 0. The molecule has 35 heavy (non-hydrogen) atoms. The highest BCUT2D eigenvalue weighted by molar-refractivity contribution is 6.29. The van der Waals surface area contributed by atoms with Gasteiger partial charge < -0.3 is 20.9 Å². The Morgan fingerprint density at radius 3 is 2.66 bits per heavy atom. The van der Waals surface area contributed by atoms with Gasteiger partial charge in [0.25, 0.3) is 0 Å². The van der Waals surface area contributed by atoms with Crippen LogP contribution in [0.15, 0.2) is 59.2 Å². The number of nitrogens with zero attached hydrogens (tertiary/aromatic N) is 3. The summed E-state index contributed by atoms with van der Waals surface area (Å²) in [5.41, 5.74) is 3.65. The normalized spacial score (nSPS) is 19.7. The number of hydrogen-bond donors (Lipinski definition) is 3. The minimum absolute atomic E-state index is 0.541. The van der Waals surface area contributed by atoms with Crippen LogP contribution < -0.4 is 20.9 Å². The van der Waals surface area contributed by atoms with Gasteiger partial charge in [0.15, 0.2) is 0 Å². The number of hydrogen-bond acceptors (Lipinski definition) is 6. The monoisotopic (exact) mass is 488 g/mol. The van der Waals surface area contributed by atoms with E-state index in [2.05, 4.69) is 45.1 Å². The van der Waals surface area contributed by atoms with E-state index >= 15 is 0 Å². The van der Waals surface area contributed by atoms with E-state index in [0.29, 0.717) is 30.0 Å². The molecule has 2 saturated heterocycles. The van der Waals surface area contributed by atoms with Crippen LogP contribution >= 0.6 is 11.6 Å². The van der Waals surface area contributed by atoms with Gasteiger partial charge in [0.05, 0.1) is 11.2 Å². The number of halogens is 1. The fraction of sp³-hybridized carbons (Fsp3) is 0.429. The third-order valence-corrected chi connectivity index (χ3v) is 7.46. The average Bonchev–Trinajstić information content (AvgIpc) is 3.11. The van der Waals surface area contributed by atoms with Crippen LogP contribution in [0.1, 0.15) is 37.7 Å². The van der Waals surface area contributed by atoms with Gasteiger partial charge in [-0.3, -0.25) is 0 Å². The van der Waals surface area contributed by atoms with Gasteiger partial charge in [-0.1, -0.05) is 48.0 Å². The Bertz CT molecular complexity index is 1180. The third kappa shape index (κ3) is 5.70. The molecule has 1 aromatic carbocycles. The van der Waals surface area contributed by atoms with Crippen LogP contribution in [0.4, 0.5) is 11.5 Å². The lowest BCUT2D eigenvalue weighted by Gasteiger charge is -2.37. The second kappa shape index (κ2) is 11.3. The number of nitriles is 1. The summed E-state index contributed by atoms with van der Waals surface area (Å²) in [7, 11) is 0. The van der Waals surface area contributed by atoms with Crippen LogP contribution in [0.5, 0.6) is 0 Å². The summed E-state index contributed by atoms with van der Waals surface area (Å²) in [6, 6.07) is 11.8. The quantitative estimate of drug-likeness (QED) is 0.540. The van der Waals surface area contributed by atoms with Crippen LogP contribution in [0, 0.1) is 11.3 Å². The standard InChI is InChI=1S/C28H33ClN6/c29-21-5-3-4-20(8-9-21)19-32-28-25(18-30)27(24-6-1-2-7-26(24)34-28)35-16-12-23(13-17-35)33-22-10-14-31-15-11-22/h1-4,6-9,22-23,31,33H,5,10-17,19H2,(H,32,34). The van der Waals surface area contributed by atoms with Gasteiger partial charge in [0, 0.05) is 48.6 Å². The maximum atomic E-state index is 10.2. The Labute approximate surface area is 212 Å². The SMILES string of the molecule is N#Cc1c(NCC2=CC=C(Cl)CC=C2)nc2ccccc2c1N1CCC(NC2CCNCC2)CC1. The van der Waals surface area contributed by atoms with Gasteiger partial charge in [-0.2, -0.15) is 5.26 Å². The Kier molecular flexibility index (Phi) is 7.68. The van der Waals surface area contributed by atoms with E-state index < -0.39 is 0 Å². The van der Waals surface area contributed by atoms with E-state index in [9.17, 15) is 5.26 Å². The molecule has 6 nitrogen and oxygen atoms in total. The van der Waals surface area contributed by atoms with Crippen LogP contribution in [0.2, 0.25) is 0 Å². The van der Waals surface area contributed by atoms with E-state index in [1.165, 1.54) is 12.8 Å². The van der Waals surface area contributed by atoms with Crippen LogP contribution in [-0.2, 0) is 0 Å². The first-order valence-electron chi connectivity index (χ1n) is 12.7. The number of fused-ring (bicyclic) bond motifs is 1. The molecule has 0 atom stereocenters. The van der Waals surface area contributed by atoms with Crippen LogP contribution in [0.3, 0.4) is 0 Å². The summed E-state index contributed by atoms with van der Waals surface area (Å²) in [5.74, 6) is 0.643. The maximum Gasteiger partial charge on any atom is 0.147 e. The van der Waals surface area contributed by atoms with Gasteiger partial charge >= 0.3 is 0 Å².